The molecule has 2 amide bonds. The van der Waals surface area contributed by atoms with Crippen LogP contribution in [0.25, 0.3) is 0 Å². The van der Waals surface area contributed by atoms with Crippen LogP contribution in [0.4, 0.5) is 0 Å². The standard InChI is InChI=1S/C22H32N4O3/c1-5-15(6-2)12-26-14-22-9-8-16(29-22)18(19(22)21(26)28)20(27)24(4)13-17-23-10-11-25(17)7-3/h8-11,15-16,18-19H,5-7,12-14H2,1-4H3/t16-,18-,19-,22-/m0/s1. The minimum atomic E-state index is -0.628. The molecule has 2 saturated heterocycles. The summed E-state index contributed by atoms with van der Waals surface area (Å²) in [6, 6.07) is 0. The molecule has 0 aromatic carbocycles. The lowest BCUT2D eigenvalue weighted by atomic mass is 9.76. The quantitative estimate of drug-likeness (QED) is 0.627. The molecule has 0 N–H and O–H groups in total. The lowest BCUT2D eigenvalue weighted by molar-refractivity contribution is -0.143. The third kappa shape index (κ3) is 3.19. The first-order chi connectivity index (χ1) is 13.9. The second-order valence-corrected chi connectivity index (χ2v) is 8.63. The number of hydrogen-bond donors (Lipinski definition) is 0. The maximum absolute atomic E-state index is 13.4. The average molecular weight is 401 g/mol. The average Bonchev–Trinajstić information content (AvgIpc) is 3.46. The van der Waals surface area contributed by atoms with E-state index in [0.717, 1.165) is 31.8 Å². The topological polar surface area (TPSA) is 67.7 Å². The number of amides is 2. The molecule has 158 valence electrons. The van der Waals surface area contributed by atoms with Crippen molar-refractivity contribution >= 4 is 11.8 Å². The van der Waals surface area contributed by atoms with Crippen molar-refractivity contribution in [2.24, 2.45) is 17.8 Å². The van der Waals surface area contributed by atoms with Gasteiger partial charge in [-0.1, -0.05) is 38.8 Å². The molecule has 1 aromatic rings. The van der Waals surface area contributed by atoms with E-state index in [9.17, 15) is 9.59 Å². The third-order valence-corrected chi connectivity index (χ3v) is 6.99. The van der Waals surface area contributed by atoms with Gasteiger partial charge in [0.25, 0.3) is 0 Å². The summed E-state index contributed by atoms with van der Waals surface area (Å²) in [5, 5.41) is 0. The van der Waals surface area contributed by atoms with E-state index in [1.807, 2.05) is 27.8 Å². The van der Waals surface area contributed by atoms with Crippen molar-refractivity contribution < 1.29 is 14.3 Å². The van der Waals surface area contributed by atoms with Crippen molar-refractivity contribution in [2.45, 2.75) is 58.4 Å². The Bertz CT molecular complexity index is 815. The van der Waals surface area contributed by atoms with Gasteiger partial charge >= 0.3 is 0 Å². The zero-order valence-corrected chi connectivity index (χ0v) is 17.9. The maximum atomic E-state index is 13.4. The number of aryl methyl sites for hydroxylation is 1. The van der Waals surface area contributed by atoms with Crippen molar-refractivity contribution in [1.82, 2.24) is 19.4 Å². The summed E-state index contributed by atoms with van der Waals surface area (Å²) in [6.45, 7) is 8.93. The minimum absolute atomic E-state index is 0.0328. The van der Waals surface area contributed by atoms with E-state index in [1.165, 1.54) is 0 Å². The van der Waals surface area contributed by atoms with Gasteiger partial charge in [-0.15, -0.1) is 0 Å². The summed E-state index contributed by atoms with van der Waals surface area (Å²) >= 11 is 0. The fourth-order valence-corrected chi connectivity index (χ4v) is 5.20. The number of ether oxygens (including phenoxy) is 1. The molecule has 7 nitrogen and oxygen atoms in total. The number of imidazole rings is 1. The van der Waals surface area contributed by atoms with Gasteiger partial charge in [0.05, 0.1) is 31.0 Å². The van der Waals surface area contributed by atoms with Gasteiger partial charge in [-0.25, -0.2) is 4.98 Å². The highest BCUT2D eigenvalue weighted by atomic mass is 16.5. The second-order valence-electron chi connectivity index (χ2n) is 8.63. The third-order valence-electron chi connectivity index (χ3n) is 6.99. The van der Waals surface area contributed by atoms with E-state index < -0.39 is 17.4 Å². The fraction of sp³-hybridized carbons (Fsp3) is 0.682. The minimum Gasteiger partial charge on any atom is -0.360 e. The van der Waals surface area contributed by atoms with Crippen LogP contribution in [0.5, 0.6) is 0 Å². The molecule has 4 heterocycles. The summed E-state index contributed by atoms with van der Waals surface area (Å²) in [4.78, 5) is 34.7. The van der Waals surface area contributed by atoms with E-state index in [0.29, 0.717) is 19.0 Å². The Kier molecular flexibility index (Phi) is 5.27. The van der Waals surface area contributed by atoms with E-state index >= 15 is 0 Å². The maximum Gasteiger partial charge on any atom is 0.230 e. The monoisotopic (exact) mass is 400 g/mol. The Morgan fingerprint density at radius 1 is 1.38 bits per heavy atom. The lowest BCUT2D eigenvalue weighted by Gasteiger charge is -2.28. The smallest absolute Gasteiger partial charge is 0.230 e. The molecular weight excluding hydrogens is 368 g/mol. The Morgan fingerprint density at radius 3 is 2.83 bits per heavy atom. The fourth-order valence-electron chi connectivity index (χ4n) is 5.20. The Balaban J connectivity index is 1.52. The molecule has 0 unspecified atom stereocenters. The van der Waals surface area contributed by atoms with Crippen LogP contribution in [0.15, 0.2) is 24.5 Å². The second kappa shape index (κ2) is 7.59. The van der Waals surface area contributed by atoms with Crippen molar-refractivity contribution in [3.8, 4) is 0 Å². The predicted molar refractivity (Wildman–Crippen MR) is 109 cm³/mol. The van der Waals surface area contributed by atoms with Crippen LogP contribution in [-0.4, -0.2) is 63.0 Å². The molecule has 1 spiro atoms. The highest BCUT2D eigenvalue weighted by Gasteiger charge is 2.67. The first kappa shape index (κ1) is 20.1. The Morgan fingerprint density at radius 2 is 2.14 bits per heavy atom. The molecular formula is C22H32N4O3. The highest BCUT2D eigenvalue weighted by Crippen LogP contribution is 2.52. The zero-order chi connectivity index (χ0) is 20.8. The molecule has 0 saturated carbocycles. The molecule has 29 heavy (non-hydrogen) atoms. The van der Waals surface area contributed by atoms with E-state index in [-0.39, 0.29) is 17.9 Å². The molecule has 4 rings (SSSR count). The van der Waals surface area contributed by atoms with Crippen molar-refractivity contribution in [1.29, 1.82) is 0 Å². The first-order valence-corrected chi connectivity index (χ1v) is 10.8. The van der Waals surface area contributed by atoms with Gasteiger partial charge in [-0.2, -0.15) is 0 Å². The molecule has 2 bridgehead atoms. The Hall–Kier alpha value is -2.15. The predicted octanol–water partition coefficient (Wildman–Crippen LogP) is 2.08. The molecule has 1 aromatic heterocycles. The molecule has 7 heteroatoms. The van der Waals surface area contributed by atoms with Crippen molar-refractivity contribution in [3.05, 3.63) is 30.4 Å². The van der Waals surface area contributed by atoms with Gasteiger partial charge in [0.15, 0.2) is 0 Å². The van der Waals surface area contributed by atoms with Crippen molar-refractivity contribution in [3.63, 3.8) is 0 Å². The highest BCUT2D eigenvalue weighted by molar-refractivity contribution is 5.93. The summed E-state index contributed by atoms with van der Waals surface area (Å²) in [5.74, 6) is 0.521. The summed E-state index contributed by atoms with van der Waals surface area (Å²) < 4.78 is 8.28. The molecule has 4 atom stereocenters. The zero-order valence-electron chi connectivity index (χ0n) is 17.9. The molecule has 3 aliphatic rings. The number of hydrogen-bond acceptors (Lipinski definition) is 4. The first-order valence-electron chi connectivity index (χ1n) is 10.8. The van der Waals surface area contributed by atoms with Crippen LogP contribution in [0.3, 0.4) is 0 Å². The number of fused-ring (bicyclic) bond motifs is 1. The molecule has 2 fully saturated rings. The number of carbonyl (C=O) groups excluding carboxylic acids is 2. The number of nitrogens with zero attached hydrogens (tertiary/aromatic N) is 4. The largest absolute Gasteiger partial charge is 0.360 e. The van der Waals surface area contributed by atoms with Gasteiger partial charge in [0.2, 0.25) is 11.8 Å². The number of rotatable bonds is 8. The van der Waals surface area contributed by atoms with Crippen LogP contribution in [-0.2, 0) is 27.4 Å². The lowest BCUT2D eigenvalue weighted by Crippen LogP contribution is -2.45. The van der Waals surface area contributed by atoms with Gasteiger partial charge in [-0.05, 0) is 12.8 Å². The van der Waals surface area contributed by atoms with Crippen LogP contribution in [0.1, 0.15) is 39.4 Å². The van der Waals surface area contributed by atoms with E-state index in [2.05, 4.69) is 25.8 Å². The van der Waals surface area contributed by atoms with Crippen molar-refractivity contribution in [2.75, 3.05) is 20.1 Å². The van der Waals surface area contributed by atoms with Gasteiger partial charge in [0, 0.05) is 32.5 Å². The summed E-state index contributed by atoms with van der Waals surface area (Å²) in [6.07, 6.45) is 9.47. The van der Waals surface area contributed by atoms with Crippen LogP contribution >= 0.6 is 0 Å². The van der Waals surface area contributed by atoms with Gasteiger partial charge < -0.3 is 19.1 Å². The van der Waals surface area contributed by atoms with Gasteiger partial charge in [0.1, 0.15) is 11.4 Å². The van der Waals surface area contributed by atoms with Crippen LogP contribution in [0.2, 0.25) is 0 Å². The summed E-state index contributed by atoms with van der Waals surface area (Å²) in [5.41, 5.74) is -0.628. The normalized spacial score (nSPS) is 29.9. The van der Waals surface area contributed by atoms with E-state index in [1.54, 1.807) is 18.1 Å². The summed E-state index contributed by atoms with van der Waals surface area (Å²) in [7, 11) is 1.79. The SMILES string of the molecule is CCC(CC)CN1C[C@]23C=C[C@H](O2)[C@H](C(=O)N(C)Cc2nccn2CC)[C@H]3C1=O. The number of aromatic nitrogens is 2. The van der Waals surface area contributed by atoms with E-state index in [4.69, 9.17) is 4.74 Å². The number of likely N-dealkylation sites (tertiary alicyclic amines) is 1. The Labute approximate surface area is 172 Å². The molecule has 3 aliphatic heterocycles. The van der Waals surface area contributed by atoms with Crippen LogP contribution < -0.4 is 0 Å². The number of carbonyl (C=O) groups is 2. The van der Waals surface area contributed by atoms with Crippen LogP contribution in [0, 0.1) is 17.8 Å². The molecule has 0 radical (unpaired) electrons. The van der Waals surface area contributed by atoms with Gasteiger partial charge in [-0.3, -0.25) is 9.59 Å². The molecule has 0 aliphatic carbocycles.